The number of hydrogen-bond donors (Lipinski definition) is 2. The molecule has 0 saturated carbocycles. The summed E-state index contributed by atoms with van der Waals surface area (Å²) < 4.78 is 31.6. The maximum absolute atomic E-state index is 12.1. The summed E-state index contributed by atoms with van der Waals surface area (Å²) in [5, 5.41) is 9.46. The van der Waals surface area contributed by atoms with Gasteiger partial charge in [0.25, 0.3) is 0 Å². The number of hydrogen-bond acceptors (Lipinski definition) is 4. The molecular weight excluding hydrogens is 318 g/mol. The Morgan fingerprint density at radius 1 is 1.48 bits per heavy atom. The zero-order valence-electron chi connectivity index (χ0n) is 11.2. The first-order valence-electron chi connectivity index (χ1n) is 6.48. The maximum atomic E-state index is 12.1. The van der Waals surface area contributed by atoms with E-state index in [1.54, 1.807) is 12.1 Å². The molecule has 2 atom stereocenters. The number of aliphatic carboxylic acids is 1. The van der Waals surface area contributed by atoms with Crippen LogP contribution in [0, 0.1) is 0 Å². The molecular formula is C13H16ClNO5S. The number of halogens is 1. The minimum atomic E-state index is -3.79. The van der Waals surface area contributed by atoms with E-state index >= 15 is 0 Å². The Hall–Kier alpha value is -1.15. The van der Waals surface area contributed by atoms with Crippen molar-refractivity contribution in [3.63, 3.8) is 0 Å². The van der Waals surface area contributed by atoms with Crippen LogP contribution in [-0.4, -0.2) is 38.0 Å². The summed E-state index contributed by atoms with van der Waals surface area (Å²) in [6, 6.07) is 4.83. The summed E-state index contributed by atoms with van der Waals surface area (Å²) in [5.74, 6) is -1.56. The van der Waals surface area contributed by atoms with Crippen LogP contribution in [0.5, 0.6) is 0 Å². The van der Waals surface area contributed by atoms with E-state index in [0.29, 0.717) is 13.0 Å². The molecule has 1 aromatic rings. The van der Waals surface area contributed by atoms with Crippen LogP contribution in [0.15, 0.2) is 24.3 Å². The predicted octanol–water partition coefficient (Wildman–Crippen LogP) is 1.56. The second-order valence-corrected chi connectivity index (χ2v) is 7.03. The van der Waals surface area contributed by atoms with Gasteiger partial charge in [-0.1, -0.05) is 29.8 Å². The van der Waals surface area contributed by atoms with Crippen LogP contribution in [0.4, 0.5) is 0 Å². The highest BCUT2D eigenvalue weighted by molar-refractivity contribution is 7.89. The Morgan fingerprint density at radius 2 is 2.19 bits per heavy atom. The summed E-state index contributed by atoms with van der Waals surface area (Å²) in [6.07, 6.45) is 1.08. The Labute approximate surface area is 128 Å². The van der Waals surface area contributed by atoms with Crippen LogP contribution in [0.2, 0.25) is 5.02 Å². The molecule has 1 aliphatic rings. The van der Waals surface area contributed by atoms with Gasteiger partial charge >= 0.3 is 5.97 Å². The predicted molar refractivity (Wildman–Crippen MR) is 77.7 cm³/mol. The molecule has 0 aliphatic carbocycles. The van der Waals surface area contributed by atoms with Crippen molar-refractivity contribution in [2.24, 2.45) is 0 Å². The quantitative estimate of drug-likeness (QED) is 0.824. The molecule has 0 radical (unpaired) electrons. The van der Waals surface area contributed by atoms with Crippen molar-refractivity contribution in [2.45, 2.75) is 25.0 Å². The van der Waals surface area contributed by atoms with Crippen LogP contribution in [0.1, 0.15) is 24.4 Å². The average Bonchev–Trinajstić information content (AvgIpc) is 2.89. The lowest BCUT2D eigenvalue weighted by Gasteiger charge is -2.17. The minimum Gasteiger partial charge on any atom is -0.480 e. The van der Waals surface area contributed by atoms with Crippen molar-refractivity contribution in [3.8, 4) is 0 Å². The first kappa shape index (κ1) is 16.2. The fourth-order valence-electron chi connectivity index (χ4n) is 2.20. The van der Waals surface area contributed by atoms with Crippen molar-refractivity contribution in [2.75, 3.05) is 12.4 Å². The molecule has 0 aromatic heterocycles. The molecule has 1 heterocycles. The molecule has 0 bridgehead atoms. The van der Waals surface area contributed by atoms with E-state index in [-0.39, 0.29) is 22.4 Å². The van der Waals surface area contributed by atoms with Gasteiger partial charge in [-0.05, 0) is 24.5 Å². The second kappa shape index (κ2) is 6.74. The molecule has 0 amide bonds. The topological polar surface area (TPSA) is 92.7 Å². The molecule has 21 heavy (non-hydrogen) atoms. The van der Waals surface area contributed by atoms with Crippen LogP contribution in [0.25, 0.3) is 0 Å². The van der Waals surface area contributed by atoms with E-state index in [1.165, 1.54) is 12.1 Å². The van der Waals surface area contributed by atoms with E-state index in [1.807, 2.05) is 0 Å². The van der Waals surface area contributed by atoms with Crippen molar-refractivity contribution >= 4 is 27.6 Å². The van der Waals surface area contributed by atoms with Gasteiger partial charge in [-0.15, -0.1) is 0 Å². The maximum Gasteiger partial charge on any atom is 0.326 e. The van der Waals surface area contributed by atoms with E-state index in [9.17, 15) is 18.3 Å². The van der Waals surface area contributed by atoms with Gasteiger partial charge in [0.15, 0.2) is 0 Å². The third-order valence-corrected chi connectivity index (χ3v) is 4.94. The Bertz CT molecular complexity index is 613. The highest BCUT2D eigenvalue weighted by atomic mass is 35.5. The number of nitrogens with one attached hydrogen (secondary N) is 1. The normalized spacial score (nSPS) is 20.3. The first-order chi connectivity index (χ1) is 9.89. The molecule has 1 fully saturated rings. The number of carboxylic acids is 1. The molecule has 2 rings (SSSR count). The minimum absolute atomic E-state index is 0.199. The summed E-state index contributed by atoms with van der Waals surface area (Å²) in [4.78, 5) is 11.4. The molecule has 1 saturated heterocycles. The molecule has 1 unspecified atom stereocenters. The van der Waals surface area contributed by atoms with E-state index < -0.39 is 22.0 Å². The average molecular weight is 334 g/mol. The van der Waals surface area contributed by atoms with Crippen molar-refractivity contribution < 1.29 is 23.1 Å². The molecule has 1 aliphatic heterocycles. The van der Waals surface area contributed by atoms with Gasteiger partial charge in [0.2, 0.25) is 10.0 Å². The van der Waals surface area contributed by atoms with Gasteiger partial charge in [0.1, 0.15) is 6.04 Å². The summed E-state index contributed by atoms with van der Waals surface area (Å²) >= 11 is 5.94. The Morgan fingerprint density at radius 3 is 2.76 bits per heavy atom. The SMILES string of the molecule is O=C(O)[C@H](NS(=O)(=O)CC1CCCO1)c1ccccc1Cl. The van der Waals surface area contributed by atoms with Gasteiger partial charge in [0, 0.05) is 11.6 Å². The third-order valence-electron chi connectivity index (χ3n) is 3.19. The zero-order chi connectivity index (χ0) is 15.5. The third kappa shape index (κ3) is 4.41. The largest absolute Gasteiger partial charge is 0.480 e. The first-order valence-corrected chi connectivity index (χ1v) is 8.51. The standard InChI is InChI=1S/C13H16ClNO5S/c14-11-6-2-1-5-10(11)12(13(16)17)15-21(18,19)8-9-4-3-7-20-9/h1-2,5-6,9,12,15H,3-4,7-8H2,(H,16,17)/t9?,12-/m1/s1. The molecule has 116 valence electrons. The monoisotopic (exact) mass is 333 g/mol. The molecule has 8 heteroatoms. The van der Waals surface area contributed by atoms with Crippen LogP contribution >= 0.6 is 11.6 Å². The Kier molecular flexibility index (Phi) is 5.21. The number of benzene rings is 1. The van der Waals surface area contributed by atoms with Crippen molar-refractivity contribution in [1.29, 1.82) is 0 Å². The van der Waals surface area contributed by atoms with Gasteiger partial charge in [-0.3, -0.25) is 4.79 Å². The molecule has 2 N–H and O–H groups in total. The number of ether oxygens (including phenoxy) is 1. The van der Waals surface area contributed by atoms with E-state index in [2.05, 4.69) is 4.72 Å². The molecule has 1 aromatic carbocycles. The van der Waals surface area contributed by atoms with Gasteiger partial charge in [-0.25, -0.2) is 8.42 Å². The number of sulfonamides is 1. The highest BCUT2D eigenvalue weighted by Crippen LogP contribution is 2.24. The van der Waals surface area contributed by atoms with E-state index in [0.717, 1.165) is 6.42 Å². The number of rotatable bonds is 6. The van der Waals surface area contributed by atoms with Crippen LogP contribution in [-0.2, 0) is 19.6 Å². The number of carboxylic acid groups (broad SMARTS) is 1. The fourth-order valence-corrected chi connectivity index (χ4v) is 3.88. The number of carbonyl (C=O) groups is 1. The zero-order valence-corrected chi connectivity index (χ0v) is 12.7. The molecule has 6 nitrogen and oxygen atoms in total. The lowest BCUT2D eigenvalue weighted by Crippen LogP contribution is -2.38. The van der Waals surface area contributed by atoms with Crippen molar-refractivity contribution in [1.82, 2.24) is 4.72 Å². The fraction of sp³-hybridized carbons (Fsp3) is 0.462. The molecule has 0 spiro atoms. The summed E-state index contributed by atoms with van der Waals surface area (Å²) in [5.41, 5.74) is 0.211. The summed E-state index contributed by atoms with van der Waals surface area (Å²) in [7, 11) is -3.79. The lowest BCUT2D eigenvalue weighted by atomic mass is 10.1. The van der Waals surface area contributed by atoms with Crippen molar-refractivity contribution in [3.05, 3.63) is 34.9 Å². The second-order valence-electron chi connectivity index (χ2n) is 4.83. The lowest BCUT2D eigenvalue weighted by molar-refractivity contribution is -0.139. The van der Waals surface area contributed by atoms with Crippen LogP contribution < -0.4 is 4.72 Å². The summed E-state index contributed by atoms with van der Waals surface area (Å²) in [6.45, 7) is 0.535. The van der Waals surface area contributed by atoms with Gasteiger partial charge in [-0.2, -0.15) is 4.72 Å². The smallest absolute Gasteiger partial charge is 0.326 e. The Balaban J connectivity index is 2.16. The van der Waals surface area contributed by atoms with E-state index in [4.69, 9.17) is 16.3 Å². The highest BCUT2D eigenvalue weighted by Gasteiger charge is 2.30. The van der Waals surface area contributed by atoms with Crippen LogP contribution in [0.3, 0.4) is 0 Å². The van der Waals surface area contributed by atoms with Gasteiger partial charge in [0.05, 0.1) is 11.9 Å². The van der Waals surface area contributed by atoms with Gasteiger partial charge < -0.3 is 9.84 Å².